The molecule has 0 aliphatic rings. The van der Waals surface area contributed by atoms with Crippen LogP contribution in [0.2, 0.25) is 0 Å². The summed E-state index contributed by atoms with van der Waals surface area (Å²) in [4.78, 5) is 34.8. The molecule has 3 aromatic rings. The van der Waals surface area contributed by atoms with Crippen LogP contribution in [0.3, 0.4) is 0 Å². The predicted octanol–water partition coefficient (Wildman–Crippen LogP) is 1.34. The van der Waals surface area contributed by atoms with Crippen LogP contribution in [0.25, 0.3) is 22.6 Å². The minimum Gasteiger partial charge on any atom is -0.497 e. The van der Waals surface area contributed by atoms with Crippen LogP contribution in [0.1, 0.15) is 0 Å². The number of nitrogens with zero attached hydrogens (tertiary/aromatic N) is 5. The first kappa shape index (κ1) is 15.7. The Balaban J connectivity index is 2.25. The normalized spacial score (nSPS) is 10.8. The lowest BCUT2D eigenvalue weighted by atomic mass is 10.2. The van der Waals surface area contributed by atoms with Gasteiger partial charge in [-0.05, 0) is 12.1 Å². The second-order valence-corrected chi connectivity index (χ2v) is 5.49. The lowest BCUT2D eigenvalue weighted by Crippen LogP contribution is -2.35. The number of amides is 1. The van der Waals surface area contributed by atoms with Crippen LogP contribution in [0, 0.1) is 0 Å². The number of imidazole rings is 1. The molecule has 0 saturated heterocycles. The smallest absolute Gasteiger partial charge is 0.338 e. The number of rotatable bonds is 2. The topological polar surface area (TPSA) is 82.2 Å². The van der Waals surface area contributed by atoms with Crippen molar-refractivity contribution in [1.82, 2.24) is 24.0 Å². The van der Waals surface area contributed by atoms with Gasteiger partial charge in [0.1, 0.15) is 11.3 Å². The number of methoxy groups -OCH3 is 1. The van der Waals surface area contributed by atoms with Crippen molar-refractivity contribution in [3.8, 4) is 17.1 Å². The largest absolute Gasteiger partial charge is 0.497 e. The van der Waals surface area contributed by atoms with Crippen molar-refractivity contribution in [3.63, 3.8) is 0 Å². The lowest BCUT2D eigenvalue weighted by Gasteiger charge is -2.10. The third-order valence-electron chi connectivity index (χ3n) is 3.70. The molecule has 1 aromatic carbocycles. The first-order valence-corrected chi connectivity index (χ1v) is 7.24. The molecule has 0 radical (unpaired) electrons. The molecule has 0 N–H and O–H groups in total. The molecular weight excluding hydrogens is 310 g/mol. The fraction of sp³-hybridized carbons (Fsp3) is 0.250. The van der Waals surface area contributed by atoms with E-state index in [0.717, 1.165) is 10.1 Å². The molecule has 1 amide bonds. The quantitative estimate of drug-likeness (QED) is 0.709. The standard InChI is InChI=1S/C16H17N5O3/c1-19(2)15(22)21-14-12(20(3)16(21)23)9-17-13(18-14)10-6-5-7-11(8-10)24-4/h5-9H,1-4H3. The Labute approximate surface area is 137 Å². The summed E-state index contributed by atoms with van der Waals surface area (Å²) in [6.07, 6.45) is 1.54. The summed E-state index contributed by atoms with van der Waals surface area (Å²) in [5.74, 6) is 1.08. The zero-order chi connectivity index (χ0) is 17.4. The fourth-order valence-electron chi connectivity index (χ4n) is 2.38. The Morgan fingerprint density at radius 2 is 2.04 bits per heavy atom. The maximum Gasteiger partial charge on any atom is 0.338 e. The zero-order valence-electron chi connectivity index (χ0n) is 13.8. The Morgan fingerprint density at radius 1 is 1.29 bits per heavy atom. The SMILES string of the molecule is COc1cccc(-c2ncc3c(n2)n(C(=O)N(C)C)c(=O)n3C)c1. The molecule has 8 nitrogen and oxygen atoms in total. The van der Waals surface area contributed by atoms with E-state index < -0.39 is 11.7 Å². The van der Waals surface area contributed by atoms with E-state index in [1.165, 1.54) is 15.7 Å². The molecule has 0 atom stereocenters. The van der Waals surface area contributed by atoms with Gasteiger partial charge >= 0.3 is 11.7 Å². The minimum absolute atomic E-state index is 0.272. The molecular formula is C16H17N5O3. The molecule has 2 aromatic heterocycles. The number of aryl methyl sites for hydroxylation is 1. The molecule has 24 heavy (non-hydrogen) atoms. The van der Waals surface area contributed by atoms with E-state index >= 15 is 0 Å². The molecule has 0 spiro atoms. The molecule has 2 heterocycles. The van der Waals surface area contributed by atoms with Gasteiger partial charge in [-0.25, -0.2) is 19.6 Å². The highest BCUT2D eigenvalue weighted by atomic mass is 16.5. The van der Waals surface area contributed by atoms with Crippen molar-refractivity contribution in [3.05, 3.63) is 40.9 Å². The van der Waals surface area contributed by atoms with E-state index in [2.05, 4.69) is 9.97 Å². The minimum atomic E-state index is -0.458. The second kappa shape index (κ2) is 5.80. The summed E-state index contributed by atoms with van der Waals surface area (Å²) in [6.45, 7) is 0. The van der Waals surface area contributed by atoms with E-state index in [0.29, 0.717) is 17.1 Å². The van der Waals surface area contributed by atoms with Gasteiger partial charge in [-0.3, -0.25) is 4.57 Å². The zero-order valence-corrected chi connectivity index (χ0v) is 13.8. The molecule has 0 saturated carbocycles. The van der Waals surface area contributed by atoms with Crippen LogP contribution in [0.4, 0.5) is 4.79 Å². The van der Waals surface area contributed by atoms with E-state index in [-0.39, 0.29) is 5.65 Å². The van der Waals surface area contributed by atoms with Crippen LogP contribution in [0.15, 0.2) is 35.3 Å². The van der Waals surface area contributed by atoms with Crippen molar-refractivity contribution in [1.29, 1.82) is 0 Å². The van der Waals surface area contributed by atoms with E-state index in [9.17, 15) is 9.59 Å². The van der Waals surface area contributed by atoms with Crippen molar-refractivity contribution in [2.45, 2.75) is 0 Å². The maximum absolute atomic E-state index is 12.4. The van der Waals surface area contributed by atoms with Gasteiger partial charge in [0, 0.05) is 26.7 Å². The van der Waals surface area contributed by atoms with Gasteiger partial charge in [-0.1, -0.05) is 12.1 Å². The molecule has 0 bridgehead atoms. The van der Waals surface area contributed by atoms with E-state index in [1.807, 2.05) is 18.2 Å². The first-order chi connectivity index (χ1) is 11.4. The van der Waals surface area contributed by atoms with Gasteiger partial charge < -0.3 is 9.64 Å². The van der Waals surface area contributed by atoms with Gasteiger partial charge in [0.15, 0.2) is 11.5 Å². The summed E-state index contributed by atoms with van der Waals surface area (Å²) in [5, 5.41) is 0. The van der Waals surface area contributed by atoms with E-state index in [4.69, 9.17) is 4.74 Å². The average Bonchev–Trinajstić information content (AvgIpc) is 2.84. The summed E-state index contributed by atoms with van der Waals surface area (Å²) in [5.41, 5.74) is 1.04. The highest BCUT2D eigenvalue weighted by Gasteiger charge is 2.20. The highest BCUT2D eigenvalue weighted by molar-refractivity contribution is 5.87. The monoisotopic (exact) mass is 327 g/mol. The van der Waals surface area contributed by atoms with E-state index in [1.54, 1.807) is 34.3 Å². The Hall–Kier alpha value is -3.16. The van der Waals surface area contributed by atoms with Gasteiger partial charge in [-0.15, -0.1) is 0 Å². The van der Waals surface area contributed by atoms with Gasteiger partial charge in [0.05, 0.1) is 13.3 Å². The first-order valence-electron chi connectivity index (χ1n) is 7.24. The number of benzene rings is 1. The van der Waals surface area contributed by atoms with Crippen LogP contribution >= 0.6 is 0 Å². The number of aromatic nitrogens is 4. The summed E-state index contributed by atoms with van der Waals surface area (Å²) < 4.78 is 7.60. The summed E-state index contributed by atoms with van der Waals surface area (Å²) in [7, 11) is 6.32. The molecule has 0 aliphatic carbocycles. The fourth-order valence-corrected chi connectivity index (χ4v) is 2.38. The van der Waals surface area contributed by atoms with Crippen molar-refractivity contribution >= 4 is 17.2 Å². The highest BCUT2D eigenvalue weighted by Crippen LogP contribution is 2.22. The molecule has 8 heteroatoms. The van der Waals surface area contributed by atoms with Crippen LogP contribution in [-0.2, 0) is 7.05 Å². The van der Waals surface area contributed by atoms with Crippen LogP contribution in [-0.4, -0.2) is 51.2 Å². The van der Waals surface area contributed by atoms with Crippen molar-refractivity contribution in [2.75, 3.05) is 21.2 Å². The number of hydrogen-bond donors (Lipinski definition) is 0. The predicted molar refractivity (Wildman–Crippen MR) is 89.2 cm³/mol. The lowest BCUT2D eigenvalue weighted by molar-refractivity contribution is 0.219. The third kappa shape index (κ3) is 2.41. The van der Waals surface area contributed by atoms with Gasteiger partial charge in [-0.2, -0.15) is 4.57 Å². The average molecular weight is 327 g/mol. The number of hydrogen-bond acceptors (Lipinski definition) is 5. The molecule has 0 unspecified atom stereocenters. The number of carbonyl (C=O) groups is 1. The van der Waals surface area contributed by atoms with Crippen molar-refractivity contribution in [2.24, 2.45) is 7.05 Å². The van der Waals surface area contributed by atoms with Crippen LogP contribution in [0.5, 0.6) is 5.75 Å². The van der Waals surface area contributed by atoms with Gasteiger partial charge in [0.2, 0.25) is 0 Å². The van der Waals surface area contributed by atoms with Gasteiger partial charge in [0.25, 0.3) is 0 Å². The third-order valence-corrected chi connectivity index (χ3v) is 3.70. The molecule has 0 fully saturated rings. The molecule has 124 valence electrons. The number of carbonyl (C=O) groups excluding carboxylic acids is 1. The summed E-state index contributed by atoms with van der Waals surface area (Å²) in [6, 6.07) is 6.81. The Morgan fingerprint density at radius 3 is 2.71 bits per heavy atom. The summed E-state index contributed by atoms with van der Waals surface area (Å²) >= 11 is 0. The molecule has 0 aliphatic heterocycles. The second-order valence-electron chi connectivity index (χ2n) is 5.49. The number of ether oxygens (including phenoxy) is 1. The Kier molecular flexibility index (Phi) is 3.80. The van der Waals surface area contributed by atoms with Crippen LogP contribution < -0.4 is 10.4 Å². The Bertz CT molecular complexity index is 987. The van der Waals surface area contributed by atoms with Crippen molar-refractivity contribution < 1.29 is 9.53 Å². The number of fused-ring (bicyclic) bond motifs is 1. The maximum atomic E-state index is 12.4. The molecule has 3 rings (SSSR count).